The van der Waals surface area contributed by atoms with Gasteiger partial charge in [0.15, 0.2) is 0 Å². The molecule has 1 rings (SSSR count). The molecule has 0 heterocycles. The van der Waals surface area contributed by atoms with Crippen LogP contribution in [0.2, 0.25) is 5.02 Å². The van der Waals surface area contributed by atoms with Crippen molar-refractivity contribution in [1.82, 2.24) is 0 Å². The molecule has 0 bridgehead atoms. The predicted octanol–water partition coefficient (Wildman–Crippen LogP) is 3.14. The molecule has 1 amide bonds. The Bertz CT molecular complexity index is 383. The summed E-state index contributed by atoms with van der Waals surface area (Å²) in [6.45, 7) is 3.86. The minimum Gasteiger partial charge on any atom is -0.324 e. The summed E-state index contributed by atoms with van der Waals surface area (Å²) in [6, 6.07) is 4.95. The molecule has 0 radical (unpaired) electrons. The van der Waals surface area contributed by atoms with Gasteiger partial charge < -0.3 is 11.1 Å². The van der Waals surface area contributed by atoms with Crippen LogP contribution in [0.15, 0.2) is 18.2 Å². The molecule has 0 fully saturated rings. The Labute approximate surface area is 113 Å². The molecule has 1 atom stereocenters. The SMILES string of the molecule is CCCC(N)C(=O)Nc1cccc(Cl)c1C.Cl. The van der Waals surface area contributed by atoms with Gasteiger partial charge in [-0.2, -0.15) is 0 Å². The van der Waals surface area contributed by atoms with Crippen molar-refractivity contribution in [2.24, 2.45) is 5.73 Å². The number of rotatable bonds is 4. The Morgan fingerprint density at radius 2 is 2.18 bits per heavy atom. The molecule has 1 aromatic rings. The Balaban J connectivity index is 0.00000256. The highest BCUT2D eigenvalue weighted by atomic mass is 35.5. The largest absolute Gasteiger partial charge is 0.324 e. The predicted molar refractivity (Wildman–Crippen MR) is 75.0 cm³/mol. The molecule has 0 aromatic heterocycles. The molecule has 3 nitrogen and oxygen atoms in total. The third-order valence-electron chi connectivity index (χ3n) is 2.46. The van der Waals surface area contributed by atoms with Crippen LogP contribution in [0.1, 0.15) is 25.3 Å². The number of hydrogen-bond acceptors (Lipinski definition) is 2. The van der Waals surface area contributed by atoms with E-state index in [1.54, 1.807) is 12.1 Å². The van der Waals surface area contributed by atoms with E-state index in [-0.39, 0.29) is 18.3 Å². The number of carbonyl (C=O) groups is 1. The molecule has 0 spiro atoms. The highest BCUT2D eigenvalue weighted by molar-refractivity contribution is 6.31. The van der Waals surface area contributed by atoms with Crippen molar-refractivity contribution in [1.29, 1.82) is 0 Å². The van der Waals surface area contributed by atoms with E-state index < -0.39 is 6.04 Å². The van der Waals surface area contributed by atoms with Crippen molar-refractivity contribution in [3.8, 4) is 0 Å². The maximum absolute atomic E-state index is 11.7. The minimum atomic E-state index is -0.455. The molecule has 0 aliphatic heterocycles. The summed E-state index contributed by atoms with van der Waals surface area (Å²) in [5.74, 6) is -0.160. The van der Waals surface area contributed by atoms with E-state index in [1.165, 1.54) is 0 Å². The summed E-state index contributed by atoms with van der Waals surface area (Å²) in [6.07, 6.45) is 1.58. The molecule has 17 heavy (non-hydrogen) atoms. The molecule has 0 saturated heterocycles. The van der Waals surface area contributed by atoms with Gasteiger partial charge >= 0.3 is 0 Å². The fourth-order valence-electron chi connectivity index (χ4n) is 1.41. The molecule has 0 aliphatic rings. The maximum atomic E-state index is 11.7. The number of anilines is 1. The standard InChI is InChI=1S/C12H17ClN2O.ClH/c1-3-5-10(14)12(16)15-11-7-4-6-9(13)8(11)2;/h4,6-7,10H,3,5,14H2,1-2H3,(H,15,16);1H. The van der Waals surface area contributed by atoms with Crippen molar-refractivity contribution >= 4 is 35.6 Å². The molecule has 0 aliphatic carbocycles. The smallest absolute Gasteiger partial charge is 0.241 e. The molecule has 96 valence electrons. The first kappa shape index (κ1) is 16.2. The number of hydrogen-bond donors (Lipinski definition) is 2. The van der Waals surface area contributed by atoms with Crippen LogP contribution in [-0.4, -0.2) is 11.9 Å². The molecule has 0 saturated carbocycles. The van der Waals surface area contributed by atoms with Crippen molar-refractivity contribution in [2.45, 2.75) is 32.7 Å². The quantitative estimate of drug-likeness (QED) is 0.888. The van der Waals surface area contributed by atoms with E-state index in [4.69, 9.17) is 17.3 Å². The molecular formula is C12H18Cl2N2O. The molecule has 3 N–H and O–H groups in total. The number of carbonyl (C=O) groups excluding carboxylic acids is 1. The lowest BCUT2D eigenvalue weighted by atomic mass is 10.1. The van der Waals surface area contributed by atoms with Gasteiger partial charge in [0.25, 0.3) is 0 Å². The van der Waals surface area contributed by atoms with Gasteiger partial charge in [0.05, 0.1) is 6.04 Å². The summed E-state index contributed by atoms with van der Waals surface area (Å²) >= 11 is 5.96. The lowest BCUT2D eigenvalue weighted by Crippen LogP contribution is -2.35. The zero-order valence-corrected chi connectivity index (χ0v) is 11.6. The summed E-state index contributed by atoms with van der Waals surface area (Å²) < 4.78 is 0. The highest BCUT2D eigenvalue weighted by Gasteiger charge is 2.13. The lowest BCUT2D eigenvalue weighted by Gasteiger charge is -2.13. The van der Waals surface area contributed by atoms with Crippen molar-refractivity contribution in [3.63, 3.8) is 0 Å². The van der Waals surface area contributed by atoms with Crippen LogP contribution in [0, 0.1) is 6.92 Å². The van der Waals surface area contributed by atoms with E-state index in [2.05, 4.69) is 5.32 Å². The first-order valence-electron chi connectivity index (χ1n) is 5.37. The molecule has 1 aromatic carbocycles. The molecule has 5 heteroatoms. The van der Waals surface area contributed by atoms with Gasteiger partial charge in [0, 0.05) is 10.7 Å². The van der Waals surface area contributed by atoms with E-state index >= 15 is 0 Å². The zero-order valence-electron chi connectivity index (χ0n) is 10.00. The first-order chi connectivity index (χ1) is 7.56. The summed E-state index contributed by atoms with van der Waals surface area (Å²) in [5, 5.41) is 3.43. The number of nitrogens with two attached hydrogens (primary N) is 1. The summed E-state index contributed by atoms with van der Waals surface area (Å²) in [5.41, 5.74) is 7.31. The third kappa shape index (κ3) is 4.54. The van der Waals surface area contributed by atoms with Crippen LogP contribution < -0.4 is 11.1 Å². The van der Waals surface area contributed by atoms with Crippen LogP contribution in [0.3, 0.4) is 0 Å². The summed E-state index contributed by atoms with van der Waals surface area (Å²) in [7, 11) is 0. The van der Waals surface area contributed by atoms with Gasteiger partial charge in [0.1, 0.15) is 0 Å². The Hall–Kier alpha value is -0.770. The van der Waals surface area contributed by atoms with Gasteiger partial charge in [-0.1, -0.05) is 31.0 Å². The second kappa shape index (κ2) is 7.54. The maximum Gasteiger partial charge on any atom is 0.241 e. The topological polar surface area (TPSA) is 55.1 Å². The van der Waals surface area contributed by atoms with Crippen molar-refractivity contribution in [2.75, 3.05) is 5.32 Å². The fraction of sp³-hybridized carbons (Fsp3) is 0.417. The van der Waals surface area contributed by atoms with E-state index in [1.807, 2.05) is 19.9 Å². The van der Waals surface area contributed by atoms with Crippen LogP contribution in [0.4, 0.5) is 5.69 Å². The average molecular weight is 277 g/mol. The lowest BCUT2D eigenvalue weighted by molar-refractivity contribution is -0.117. The Kier molecular flexibility index (Phi) is 7.19. The number of benzene rings is 1. The third-order valence-corrected chi connectivity index (χ3v) is 2.87. The second-order valence-electron chi connectivity index (χ2n) is 3.80. The summed E-state index contributed by atoms with van der Waals surface area (Å²) in [4.78, 5) is 11.7. The average Bonchev–Trinajstić information content (AvgIpc) is 2.25. The van der Waals surface area contributed by atoms with Gasteiger partial charge in [-0.3, -0.25) is 4.79 Å². The monoisotopic (exact) mass is 276 g/mol. The first-order valence-corrected chi connectivity index (χ1v) is 5.75. The zero-order chi connectivity index (χ0) is 12.1. The highest BCUT2D eigenvalue weighted by Crippen LogP contribution is 2.22. The molecular weight excluding hydrogens is 259 g/mol. The second-order valence-corrected chi connectivity index (χ2v) is 4.20. The van der Waals surface area contributed by atoms with Gasteiger partial charge in [0.2, 0.25) is 5.91 Å². The van der Waals surface area contributed by atoms with E-state index in [9.17, 15) is 4.79 Å². The Morgan fingerprint density at radius 3 is 2.76 bits per heavy atom. The molecule has 1 unspecified atom stereocenters. The Morgan fingerprint density at radius 1 is 1.53 bits per heavy atom. The van der Waals surface area contributed by atoms with Crippen molar-refractivity contribution < 1.29 is 4.79 Å². The normalized spacial score (nSPS) is 11.5. The minimum absolute atomic E-state index is 0. The van der Waals surface area contributed by atoms with Gasteiger partial charge in [-0.15, -0.1) is 12.4 Å². The van der Waals surface area contributed by atoms with Crippen LogP contribution in [0.5, 0.6) is 0 Å². The fourth-order valence-corrected chi connectivity index (χ4v) is 1.58. The van der Waals surface area contributed by atoms with Crippen molar-refractivity contribution in [3.05, 3.63) is 28.8 Å². The number of nitrogens with one attached hydrogen (secondary N) is 1. The number of halogens is 2. The number of amides is 1. The van der Waals surface area contributed by atoms with Crippen LogP contribution >= 0.6 is 24.0 Å². The van der Waals surface area contributed by atoms with Crippen LogP contribution in [-0.2, 0) is 4.79 Å². The van der Waals surface area contributed by atoms with E-state index in [0.717, 1.165) is 17.7 Å². The van der Waals surface area contributed by atoms with E-state index in [0.29, 0.717) is 11.4 Å². The van der Waals surface area contributed by atoms with Gasteiger partial charge in [-0.25, -0.2) is 0 Å². The van der Waals surface area contributed by atoms with Gasteiger partial charge in [-0.05, 0) is 31.0 Å². The van der Waals surface area contributed by atoms with Crippen LogP contribution in [0.25, 0.3) is 0 Å².